The third-order valence-corrected chi connectivity index (χ3v) is 5.49. The van der Waals surface area contributed by atoms with Crippen molar-refractivity contribution in [2.75, 3.05) is 13.2 Å². The molecule has 26 heavy (non-hydrogen) atoms. The van der Waals surface area contributed by atoms with Crippen LogP contribution in [0, 0.1) is 5.92 Å². The Morgan fingerprint density at radius 1 is 1.27 bits per heavy atom. The number of imidazole rings is 1. The lowest BCUT2D eigenvalue weighted by atomic mass is 9.92. The normalized spacial score (nSPS) is 22.0. The number of hydrogen-bond acceptors (Lipinski definition) is 4. The molecule has 1 aromatic carbocycles. The number of fused-ring (bicyclic) bond motifs is 1. The van der Waals surface area contributed by atoms with Crippen molar-refractivity contribution in [2.45, 2.75) is 31.9 Å². The minimum Gasteiger partial charge on any atom is -0.372 e. The van der Waals surface area contributed by atoms with E-state index < -0.39 is 0 Å². The van der Waals surface area contributed by atoms with Crippen LogP contribution >= 0.6 is 0 Å². The second kappa shape index (κ2) is 7.21. The van der Waals surface area contributed by atoms with E-state index in [1.165, 1.54) is 5.52 Å². The lowest BCUT2D eigenvalue weighted by Crippen LogP contribution is -2.34. The summed E-state index contributed by atoms with van der Waals surface area (Å²) in [4.78, 5) is 4.81. The van der Waals surface area contributed by atoms with E-state index in [0.29, 0.717) is 5.92 Å². The van der Waals surface area contributed by atoms with E-state index in [4.69, 9.17) is 9.72 Å². The standard InChI is InChI=1S/C20H27N5O/c1-14(20-23-16-8-4-5-9-17(16)24(20)2)21-13-15-7-6-12-26-19(15)18-10-11-22-25(18)3/h4-5,8-11,14-15,19,21H,6-7,12-13H2,1-3H3/t14?,15-,19+/m0/s1. The van der Waals surface area contributed by atoms with Crippen LogP contribution in [0.3, 0.4) is 0 Å². The summed E-state index contributed by atoms with van der Waals surface area (Å²) in [6.07, 6.45) is 4.23. The Labute approximate surface area is 154 Å². The highest BCUT2D eigenvalue weighted by atomic mass is 16.5. The van der Waals surface area contributed by atoms with Gasteiger partial charge in [0, 0.05) is 39.4 Å². The largest absolute Gasteiger partial charge is 0.372 e. The third-order valence-electron chi connectivity index (χ3n) is 5.49. The molecule has 3 heterocycles. The Bertz CT molecular complexity index is 883. The van der Waals surface area contributed by atoms with Gasteiger partial charge in [0.15, 0.2) is 0 Å². The van der Waals surface area contributed by atoms with Gasteiger partial charge in [-0.25, -0.2) is 4.98 Å². The summed E-state index contributed by atoms with van der Waals surface area (Å²) in [6.45, 7) is 3.91. The first-order chi connectivity index (χ1) is 12.6. The van der Waals surface area contributed by atoms with Crippen LogP contribution in [-0.4, -0.2) is 32.5 Å². The first-order valence-corrected chi connectivity index (χ1v) is 9.39. The fraction of sp³-hybridized carbons (Fsp3) is 0.500. The number of ether oxygens (including phenoxy) is 1. The zero-order valence-electron chi connectivity index (χ0n) is 15.7. The molecule has 6 nitrogen and oxygen atoms in total. The molecule has 1 N–H and O–H groups in total. The maximum absolute atomic E-state index is 6.10. The fourth-order valence-electron chi connectivity index (χ4n) is 4.01. The molecule has 1 aliphatic heterocycles. The van der Waals surface area contributed by atoms with Crippen molar-refractivity contribution in [1.82, 2.24) is 24.6 Å². The highest BCUT2D eigenvalue weighted by Crippen LogP contribution is 2.33. The quantitative estimate of drug-likeness (QED) is 0.766. The van der Waals surface area contributed by atoms with Crippen molar-refractivity contribution < 1.29 is 4.74 Å². The Morgan fingerprint density at radius 2 is 2.12 bits per heavy atom. The van der Waals surface area contributed by atoms with Crippen LogP contribution in [0.1, 0.15) is 43.4 Å². The zero-order chi connectivity index (χ0) is 18.1. The maximum atomic E-state index is 6.10. The second-order valence-corrected chi connectivity index (χ2v) is 7.22. The van der Waals surface area contributed by atoms with E-state index in [1.54, 1.807) is 0 Å². The summed E-state index contributed by atoms with van der Waals surface area (Å²) in [7, 11) is 4.07. The number of aromatic nitrogens is 4. The molecule has 3 aromatic rings. The molecular weight excluding hydrogens is 326 g/mol. The summed E-state index contributed by atoms with van der Waals surface area (Å²) in [5.41, 5.74) is 3.38. The average molecular weight is 353 g/mol. The summed E-state index contributed by atoms with van der Waals surface area (Å²) in [6, 6.07) is 10.5. The van der Waals surface area contributed by atoms with Gasteiger partial charge in [-0.2, -0.15) is 5.10 Å². The van der Waals surface area contributed by atoms with Gasteiger partial charge in [0.05, 0.1) is 22.8 Å². The molecule has 0 spiro atoms. The molecule has 0 radical (unpaired) electrons. The zero-order valence-corrected chi connectivity index (χ0v) is 15.7. The first kappa shape index (κ1) is 17.2. The van der Waals surface area contributed by atoms with Crippen LogP contribution in [-0.2, 0) is 18.8 Å². The van der Waals surface area contributed by atoms with Gasteiger partial charge < -0.3 is 14.6 Å². The minimum absolute atomic E-state index is 0.108. The van der Waals surface area contributed by atoms with Crippen LogP contribution in [0.2, 0.25) is 0 Å². The van der Waals surface area contributed by atoms with Crippen molar-refractivity contribution in [3.05, 3.63) is 48.0 Å². The molecule has 0 saturated carbocycles. The van der Waals surface area contributed by atoms with E-state index >= 15 is 0 Å². The predicted molar refractivity (Wildman–Crippen MR) is 102 cm³/mol. The summed E-state index contributed by atoms with van der Waals surface area (Å²) < 4.78 is 10.2. The molecule has 1 aliphatic rings. The molecule has 6 heteroatoms. The first-order valence-electron chi connectivity index (χ1n) is 9.39. The minimum atomic E-state index is 0.108. The lowest BCUT2D eigenvalue weighted by Gasteiger charge is -2.32. The predicted octanol–water partition coefficient (Wildman–Crippen LogP) is 3.13. The van der Waals surface area contributed by atoms with Crippen LogP contribution in [0.25, 0.3) is 11.0 Å². The Balaban J connectivity index is 1.48. The Morgan fingerprint density at radius 3 is 2.88 bits per heavy atom. The van der Waals surface area contributed by atoms with Crippen molar-refractivity contribution in [2.24, 2.45) is 20.0 Å². The number of benzene rings is 1. The second-order valence-electron chi connectivity index (χ2n) is 7.22. The van der Waals surface area contributed by atoms with Crippen molar-refractivity contribution in [3.63, 3.8) is 0 Å². The van der Waals surface area contributed by atoms with Gasteiger partial charge in [-0.05, 0) is 38.0 Å². The average Bonchev–Trinajstić information content (AvgIpc) is 3.24. The van der Waals surface area contributed by atoms with Crippen LogP contribution in [0.15, 0.2) is 36.5 Å². The number of rotatable bonds is 5. The molecule has 138 valence electrons. The molecule has 3 atom stereocenters. The van der Waals surface area contributed by atoms with Gasteiger partial charge in [-0.1, -0.05) is 12.1 Å². The molecule has 1 saturated heterocycles. The van der Waals surface area contributed by atoms with Gasteiger partial charge in [-0.3, -0.25) is 4.68 Å². The number of aryl methyl sites for hydroxylation is 2. The topological polar surface area (TPSA) is 56.9 Å². The summed E-state index contributed by atoms with van der Waals surface area (Å²) in [5.74, 6) is 1.51. The lowest BCUT2D eigenvalue weighted by molar-refractivity contribution is -0.0329. The molecule has 1 fully saturated rings. The van der Waals surface area contributed by atoms with Gasteiger partial charge in [0.1, 0.15) is 11.9 Å². The molecule has 0 bridgehead atoms. The van der Waals surface area contributed by atoms with Crippen molar-refractivity contribution >= 4 is 11.0 Å². The fourth-order valence-corrected chi connectivity index (χ4v) is 4.01. The smallest absolute Gasteiger partial charge is 0.126 e. The van der Waals surface area contributed by atoms with Gasteiger partial charge >= 0.3 is 0 Å². The van der Waals surface area contributed by atoms with Gasteiger partial charge in [0.25, 0.3) is 0 Å². The number of hydrogen-bond donors (Lipinski definition) is 1. The molecule has 1 unspecified atom stereocenters. The number of nitrogens with one attached hydrogen (secondary N) is 1. The van der Waals surface area contributed by atoms with Gasteiger partial charge in [0.2, 0.25) is 0 Å². The number of nitrogens with zero attached hydrogens (tertiary/aromatic N) is 4. The Kier molecular flexibility index (Phi) is 4.78. The summed E-state index contributed by atoms with van der Waals surface area (Å²) >= 11 is 0. The van der Waals surface area contributed by atoms with Gasteiger partial charge in [-0.15, -0.1) is 0 Å². The van der Waals surface area contributed by atoms with E-state index in [2.05, 4.69) is 53.2 Å². The maximum Gasteiger partial charge on any atom is 0.126 e. The van der Waals surface area contributed by atoms with E-state index in [0.717, 1.165) is 43.0 Å². The summed E-state index contributed by atoms with van der Waals surface area (Å²) in [5, 5.41) is 8.00. The van der Waals surface area contributed by atoms with E-state index in [9.17, 15) is 0 Å². The molecular formula is C20H27N5O. The van der Waals surface area contributed by atoms with Crippen LogP contribution < -0.4 is 5.32 Å². The van der Waals surface area contributed by atoms with Crippen molar-refractivity contribution in [3.8, 4) is 0 Å². The molecule has 4 rings (SSSR count). The monoisotopic (exact) mass is 353 g/mol. The molecule has 0 amide bonds. The highest BCUT2D eigenvalue weighted by Gasteiger charge is 2.30. The van der Waals surface area contributed by atoms with Crippen LogP contribution in [0.5, 0.6) is 0 Å². The number of para-hydroxylation sites is 2. The van der Waals surface area contributed by atoms with E-state index in [-0.39, 0.29) is 12.1 Å². The Hall–Kier alpha value is -2.18. The SMILES string of the molecule is CC(NC[C@@H]1CCCO[C@H]1c1ccnn1C)c1nc2ccccc2n1C. The van der Waals surface area contributed by atoms with Crippen molar-refractivity contribution in [1.29, 1.82) is 0 Å². The highest BCUT2D eigenvalue weighted by molar-refractivity contribution is 5.75. The van der Waals surface area contributed by atoms with E-state index in [1.807, 2.05) is 24.0 Å². The third kappa shape index (κ3) is 3.15. The van der Waals surface area contributed by atoms with Crippen LogP contribution in [0.4, 0.5) is 0 Å². The molecule has 0 aliphatic carbocycles. The molecule has 2 aromatic heterocycles.